The van der Waals surface area contributed by atoms with Crippen molar-refractivity contribution >= 4 is 17.4 Å². The Labute approximate surface area is 142 Å². The van der Waals surface area contributed by atoms with Crippen LogP contribution in [0.4, 0.5) is 11.5 Å². The molecule has 0 saturated heterocycles. The summed E-state index contributed by atoms with van der Waals surface area (Å²) in [4.78, 5) is 18.4. The van der Waals surface area contributed by atoms with E-state index in [0.717, 1.165) is 34.6 Å². The number of hydrogen-bond donors (Lipinski definition) is 1. The van der Waals surface area contributed by atoms with Crippen LogP contribution in [0.2, 0.25) is 0 Å². The monoisotopic (exact) mass is 319 g/mol. The number of rotatable bonds is 2. The van der Waals surface area contributed by atoms with Crippen LogP contribution < -0.4 is 10.2 Å². The van der Waals surface area contributed by atoms with Gasteiger partial charge in [-0.1, -0.05) is 12.0 Å². The first-order valence-electron chi connectivity index (χ1n) is 8.09. The van der Waals surface area contributed by atoms with Crippen LogP contribution in [-0.4, -0.2) is 16.9 Å². The van der Waals surface area contributed by atoms with E-state index in [-0.39, 0.29) is 18.0 Å². The summed E-state index contributed by atoms with van der Waals surface area (Å²) in [5.41, 5.74) is 3.90. The number of nitrogens with zero attached hydrogens (tertiary/aromatic N) is 2. The third-order valence-corrected chi connectivity index (χ3v) is 4.42. The number of carbonyl (C=O) groups is 1. The minimum absolute atomic E-state index is 0.0455. The van der Waals surface area contributed by atoms with Gasteiger partial charge in [0.05, 0.1) is 6.04 Å². The molecule has 0 radical (unpaired) electrons. The van der Waals surface area contributed by atoms with Gasteiger partial charge in [0.1, 0.15) is 5.82 Å². The van der Waals surface area contributed by atoms with E-state index in [1.165, 1.54) is 0 Å². The highest BCUT2D eigenvalue weighted by Gasteiger charge is 2.32. The summed E-state index contributed by atoms with van der Waals surface area (Å²) in [6.07, 6.45) is 8.20. The van der Waals surface area contributed by atoms with E-state index in [0.29, 0.717) is 0 Å². The summed E-state index contributed by atoms with van der Waals surface area (Å²) in [6.45, 7) is 5.68. The van der Waals surface area contributed by atoms with Crippen molar-refractivity contribution in [1.29, 1.82) is 0 Å². The van der Waals surface area contributed by atoms with E-state index in [9.17, 15) is 4.79 Å². The molecule has 1 aromatic carbocycles. The summed E-state index contributed by atoms with van der Waals surface area (Å²) < 4.78 is 0. The lowest BCUT2D eigenvalue weighted by molar-refractivity contribution is -0.117. The average Bonchev–Trinajstić information content (AvgIpc) is 2.56. The molecule has 0 bridgehead atoms. The number of terminal acetylenes is 1. The smallest absolute Gasteiger partial charge is 0.224 e. The van der Waals surface area contributed by atoms with Crippen LogP contribution in [0.3, 0.4) is 0 Å². The first-order valence-corrected chi connectivity index (χ1v) is 8.09. The maximum absolute atomic E-state index is 12.1. The Morgan fingerprint density at radius 2 is 2.17 bits per heavy atom. The lowest BCUT2D eigenvalue weighted by Crippen LogP contribution is -2.43. The number of anilines is 2. The molecule has 2 atom stereocenters. The number of carbonyl (C=O) groups excluding carboxylic acids is 1. The largest absolute Gasteiger partial charge is 0.363 e. The molecule has 1 aliphatic heterocycles. The normalized spacial score (nSPS) is 19.3. The van der Waals surface area contributed by atoms with E-state index < -0.39 is 0 Å². The van der Waals surface area contributed by atoms with Gasteiger partial charge in [-0.25, -0.2) is 4.98 Å². The van der Waals surface area contributed by atoms with E-state index in [2.05, 4.69) is 23.1 Å². The van der Waals surface area contributed by atoms with Gasteiger partial charge in [0.15, 0.2) is 0 Å². The second kappa shape index (κ2) is 6.37. The van der Waals surface area contributed by atoms with Crippen LogP contribution in [-0.2, 0) is 4.79 Å². The summed E-state index contributed by atoms with van der Waals surface area (Å²) in [5.74, 6) is 3.55. The van der Waals surface area contributed by atoms with E-state index in [1.54, 1.807) is 6.92 Å². The standard InChI is InChI=1S/C20H21N3O/c1-5-16-7-8-19-17(11-16)18(10-14(3)23(19)15(4)24)22-20-9-6-13(2)12-21-20/h1,6-9,11-12,14,18H,10H2,2-4H3,(H,21,22)/t14-,18+/m0/s1. The molecule has 4 heteroatoms. The molecular formula is C20H21N3O. The SMILES string of the molecule is C#Cc1ccc2c(c1)[C@H](Nc1ccc(C)cn1)C[C@H](C)N2C(C)=O. The van der Waals surface area contributed by atoms with Crippen LogP contribution in [0.25, 0.3) is 0 Å². The zero-order valence-electron chi connectivity index (χ0n) is 14.2. The second-order valence-corrected chi connectivity index (χ2v) is 6.31. The van der Waals surface area contributed by atoms with Crippen molar-refractivity contribution in [2.75, 3.05) is 10.2 Å². The lowest BCUT2D eigenvalue weighted by Gasteiger charge is -2.39. The van der Waals surface area contributed by atoms with Gasteiger partial charge >= 0.3 is 0 Å². The van der Waals surface area contributed by atoms with Crippen LogP contribution in [0.5, 0.6) is 0 Å². The molecule has 2 aromatic rings. The van der Waals surface area contributed by atoms with Crippen molar-refractivity contribution in [2.45, 2.75) is 39.3 Å². The molecule has 0 unspecified atom stereocenters. The summed E-state index contributed by atoms with van der Waals surface area (Å²) in [7, 11) is 0. The number of aromatic nitrogens is 1. The first-order chi connectivity index (χ1) is 11.5. The zero-order chi connectivity index (χ0) is 17.3. The van der Waals surface area contributed by atoms with Crippen molar-refractivity contribution in [2.24, 2.45) is 0 Å². The number of hydrogen-bond acceptors (Lipinski definition) is 3. The molecule has 24 heavy (non-hydrogen) atoms. The highest BCUT2D eigenvalue weighted by Crippen LogP contribution is 2.39. The number of pyridine rings is 1. The van der Waals surface area contributed by atoms with Gasteiger partial charge < -0.3 is 10.2 Å². The second-order valence-electron chi connectivity index (χ2n) is 6.31. The molecule has 0 aliphatic carbocycles. The molecule has 0 saturated carbocycles. The molecule has 4 nitrogen and oxygen atoms in total. The molecule has 122 valence electrons. The number of aryl methyl sites for hydroxylation is 1. The van der Waals surface area contributed by atoms with E-state index >= 15 is 0 Å². The maximum atomic E-state index is 12.1. The molecule has 1 aliphatic rings. The fourth-order valence-electron chi connectivity index (χ4n) is 3.30. The minimum atomic E-state index is 0.0455. The molecule has 1 amide bonds. The van der Waals surface area contributed by atoms with Crippen LogP contribution >= 0.6 is 0 Å². The Hall–Kier alpha value is -2.80. The average molecular weight is 319 g/mol. The van der Waals surface area contributed by atoms with Crippen molar-refractivity contribution in [3.8, 4) is 12.3 Å². The van der Waals surface area contributed by atoms with Gasteiger partial charge in [0, 0.05) is 30.4 Å². The van der Waals surface area contributed by atoms with Crippen LogP contribution in [0, 0.1) is 19.3 Å². The molecular weight excluding hydrogens is 298 g/mol. The third kappa shape index (κ3) is 2.98. The topological polar surface area (TPSA) is 45.2 Å². The number of benzene rings is 1. The fourth-order valence-corrected chi connectivity index (χ4v) is 3.30. The predicted molar refractivity (Wildman–Crippen MR) is 97.0 cm³/mol. The van der Waals surface area contributed by atoms with E-state index in [1.807, 2.05) is 48.4 Å². The van der Waals surface area contributed by atoms with Crippen LogP contribution in [0.1, 0.15) is 43.0 Å². The Bertz CT molecular complexity index is 805. The molecule has 1 aromatic heterocycles. The summed E-state index contributed by atoms with van der Waals surface area (Å²) in [6, 6.07) is 9.99. The fraction of sp³-hybridized carbons (Fsp3) is 0.300. The zero-order valence-corrected chi connectivity index (χ0v) is 14.2. The molecule has 2 heterocycles. The number of amides is 1. The lowest BCUT2D eigenvalue weighted by atomic mass is 9.90. The third-order valence-electron chi connectivity index (χ3n) is 4.42. The molecule has 3 rings (SSSR count). The Balaban J connectivity index is 2.01. The summed E-state index contributed by atoms with van der Waals surface area (Å²) in [5, 5.41) is 3.49. The predicted octanol–water partition coefficient (Wildman–Crippen LogP) is 3.67. The quantitative estimate of drug-likeness (QED) is 0.859. The summed E-state index contributed by atoms with van der Waals surface area (Å²) >= 11 is 0. The van der Waals surface area contributed by atoms with E-state index in [4.69, 9.17) is 6.42 Å². The van der Waals surface area contributed by atoms with Crippen molar-refractivity contribution in [3.05, 3.63) is 53.2 Å². The minimum Gasteiger partial charge on any atom is -0.363 e. The van der Waals surface area contributed by atoms with Crippen molar-refractivity contribution in [3.63, 3.8) is 0 Å². The Morgan fingerprint density at radius 1 is 1.38 bits per heavy atom. The molecule has 0 fully saturated rings. The van der Waals surface area contributed by atoms with Crippen molar-refractivity contribution < 1.29 is 4.79 Å². The van der Waals surface area contributed by atoms with Crippen molar-refractivity contribution in [1.82, 2.24) is 4.98 Å². The highest BCUT2D eigenvalue weighted by atomic mass is 16.2. The van der Waals surface area contributed by atoms with Crippen LogP contribution in [0.15, 0.2) is 36.5 Å². The van der Waals surface area contributed by atoms with Gasteiger partial charge in [-0.2, -0.15) is 0 Å². The number of nitrogens with one attached hydrogen (secondary N) is 1. The number of fused-ring (bicyclic) bond motifs is 1. The highest BCUT2D eigenvalue weighted by molar-refractivity contribution is 5.94. The van der Waals surface area contributed by atoms with Gasteiger partial charge in [0.25, 0.3) is 0 Å². The first kappa shape index (κ1) is 16.1. The Kier molecular flexibility index (Phi) is 4.26. The van der Waals surface area contributed by atoms with Gasteiger partial charge in [0.2, 0.25) is 5.91 Å². The Morgan fingerprint density at radius 3 is 2.79 bits per heavy atom. The maximum Gasteiger partial charge on any atom is 0.224 e. The van der Waals surface area contributed by atoms with Gasteiger partial charge in [-0.3, -0.25) is 4.79 Å². The van der Waals surface area contributed by atoms with Gasteiger partial charge in [-0.05, 0) is 55.7 Å². The van der Waals surface area contributed by atoms with Gasteiger partial charge in [-0.15, -0.1) is 6.42 Å². The molecule has 0 spiro atoms. The molecule has 1 N–H and O–H groups in total.